The van der Waals surface area contributed by atoms with E-state index in [-0.39, 0.29) is 17.2 Å². The fourth-order valence-corrected chi connectivity index (χ4v) is 5.19. The number of benzene rings is 2. The summed E-state index contributed by atoms with van der Waals surface area (Å²) < 4.78 is 53.8. The largest absolute Gasteiger partial charge is 0.284 e. The number of hydrogen-bond donors (Lipinski definition) is 2. The summed E-state index contributed by atoms with van der Waals surface area (Å²) >= 11 is 0. The van der Waals surface area contributed by atoms with Gasteiger partial charge >= 0.3 is 0 Å². The van der Waals surface area contributed by atoms with E-state index in [0.717, 1.165) is 31.2 Å². The molecule has 0 heterocycles. The summed E-state index contributed by atoms with van der Waals surface area (Å²) in [6.07, 6.45) is 4.05. The zero-order valence-corrected chi connectivity index (χ0v) is 15.9. The average molecular weight is 395 g/mol. The first kappa shape index (κ1) is 18.9. The molecule has 2 aromatic rings. The van der Waals surface area contributed by atoms with Gasteiger partial charge < -0.3 is 0 Å². The Bertz CT molecular complexity index is 972. The van der Waals surface area contributed by atoms with Crippen molar-refractivity contribution in [3.05, 3.63) is 59.7 Å². The molecular weight excluding hydrogens is 372 g/mol. The van der Waals surface area contributed by atoms with Gasteiger partial charge in [-0.05, 0) is 61.1 Å². The molecule has 0 bridgehead atoms. The molecule has 2 aromatic carbocycles. The highest BCUT2D eigenvalue weighted by atomic mass is 32.2. The Labute approximate surface area is 154 Å². The molecule has 3 rings (SSSR count). The zero-order valence-electron chi connectivity index (χ0n) is 14.3. The van der Waals surface area contributed by atoms with E-state index in [4.69, 9.17) is 0 Å². The van der Waals surface area contributed by atoms with Crippen LogP contribution in [0.15, 0.2) is 53.4 Å². The monoisotopic (exact) mass is 394 g/mol. The Hall–Kier alpha value is -1.90. The molecular formula is C18H22N2O4S2. The first-order valence-corrected chi connectivity index (χ1v) is 11.7. The van der Waals surface area contributed by atoms with Crippen molar-refractivity contribution in [2.45, 2.75) is 30.6 Å². The molecule has 2 N–H and O–H groups in total. The third-order valence-corrected chi connectivity index (χ3v) is 7.09. The van der Waals surface area contributed by atoms with E-state index >= 15 is 0 Å². The molecule has 140 valence electrons. The van der Waals surface area contributed by atoms with Gasteiger partial charge in [-0.3, -0.25) is 4.72 Å². The molecule has 0 saturated carbocycles. The summed E-state index contributed by atoms with van der Waals surface area (Å²) in [5.74, 6) is -0.341. The van der Waals surface area contributed by atoms with Crippen molar-refractivity contribution < 1.29 is 16.8 Å². The molecule has 0 amide bonds. The summed E-state index contributed by atoms with van der Waals surface area (Å²) in [7, 11) is -7.36. The number of nitrogens with one attached hydrogen (secondary N) is 2. The summed E-state index contributed by atoms with van der Waals surface area (Å²) in [5, 5.41) is 0. The maximum absolute atomic E-state index is 12.4. The molecule has 0 spiro atoms. The fourth-order valence-electron chi connectivity index (χ4n) is 3.01. The smallest absolute Gasteiger partial charge is 0.240 e. The summed E-state index contributed by atoms with van der Waals surface area (Å²) in [6.45, 7) is -0.193. The van der Waals surface area contributed by atoms with Gasteiger partial charge in [0.15, 0.2) is 0 Å². The minimum Gasteiger partial charge on any atom is -0.284 e. The number of hydrogen-bond acceptors (Lipinski definition) is 4. The van der Waals surface area contributed by atoms with Crippen molar-refractivity contribution in [2.24, 2.45) is 0 Å². The highest BCUT2D eigenvalue weighted by Crippen LogP contribution is 2.24. The predicted octanol–water partition coefficient (Wildman–Crippen LogP) is 2.29. The highest BCUT2D eigenvalue weighted by Gasteiger charge is 2.19. The molecule has 26 heavy (non-hydrogen) atoms. The summed E-state index contributed by atoms with van der Waals surface area (Å²) in [5.41, 5.74) is 2.72. The first-order chi connectivity index (χ1) is 12.4. The lowest BCUT2D eigenvalue weighted by Gasteiger charge is -2.16. The Morgan fingerprint density at radius 2 is 1.54 bits per heavy atom. The van der Waals surface area contributed by atoms with Crippen molar-refractivity contribution in [1.82, 2.24) is 4.72 Å². The average Bonchev–Trinajstić information content (AvgIpc) is 2.61. The van der Waals surface area contributed by atoms with Crippen LogP contribution in [0.4, 0.5) is 5.69 Å². The van der Waals surface area contributed by atoms with Crippen LogP contribution >= 0.6 is 0 Å². The molecule has 0 fully saturated rings. The number of sulfonamides is 2. The van der Waals surface area contributed by atoms with Crippen LogP contribution in [-0.4, -0.2) is 29.1 Å². The van der Waals surface area contributed by atoms with E-state index in [1.54, 1.807) is 42.5 Å². The van der Waals surface area contributed by atoms with Crippen LogP contribution < -0.4 is 9.44 Å². The zero-order chi connectivity index (χ0) is 18.6. The van der Waals surface area contributed by atoms with Gasteiger partial charge in [-0.2, -0.15) is 0 Å². The van der Waals surface area contributed by atoms with Crippen LogP contribution in [0.5, 0.6) is 0 Å². The molecule has 0 unspecified atom stereocenters. The van der Waals surface area contributed by atoms with E-state index in [1.165, 1.54) is 5.56 Å². The van der Waals surface area contributed by atoms with Crippen LogP contribution in [0, 0.1) is 0 Å². The second kappa shape index (κ2) is 7.77. The summed E-state index contributed by atoms with van der Waals surface area (Å²) in [4.78, 5) is 0.187. The number of aryl methyl sites for hydroxylation is 2. The third-order valence-electron chi connectivity index (χ3n) is 4.34. The minimum absolute atomic E-state index is 0.187. The Morgan fingerprint density at radius 1 is 0.846 bits per heavy atom. The molecule has 6 nitrogen and oxygen atoms in total. The molecule has 0 saturated heterocycles. The van der Waals surface area contributed by atoms with Crippen LogP contribution in [0.3, 0.4) is 0 Å². The summed E-state index contributed by atoms with van der Waals surface area (Å²) in [6, 6.07) is 13.6. The van der Waals surface area contributed by atoms with Gasteiger partial charge in [-0.1, -0.05) is 24.3 Å². The maximum Gasteiger partial charge on any atom is 0.240 e. The Kier molecular flexibility index (Phi) is 5.64. The molecule has 1 aliphatic rings. The van der Waals surface area contributed by atoms with Crippen molar-refractivity contribution in [3.8, 4) is 0 Å². The SMILES string of the molecule is O=S(=O)(CCNS(=O)(=O)c1ccc2c(c1)CCCC2)Nc1ccccc1. The predicted molar refractivity (Wildman–Crippen MR) is 102 cm³/mol. The second-order valence-corrected chi connectivity index (χ2v) is 9.93. The molecule has 0 aromatic heterocycles. The molecule has 0 atom stereocenters. The molecule has 1 aliphatic carbocycles. The maximum atomic E-state index is 12.4. The third kappa shape index (κ3) is 4.84. The second-order valence-electron chi connectivity index (χ2n) is 6.32. The van der Waals surface area contributed by atoms with E-state index in [9.17, 15) is 16.8 Å². The molecule has 0 aliphatic heterocycles. The fraction of sp³-hybridized carbons (Fsp3) is 0.333. The number of anilines is 1. The van der Waals surface area contributed by atoms with Gasteiger partial charge in [-0.25, -0.2) is 21.6 Å². The van der Waals surface area contributed by atoms with Crippen molar-refractivity contribution in [1.29, 1.82) is 0 Å². The number of rotatable bonds is 7. The van der Waals surface area contributed by atoms with E-state index in [2.05, 4.69) is 9.44 Å². The van der Waals surface area contributed by atoms with Crippen molar-refractivity contribution >= 4 is 25.7 Å². The Balaban J connectivity index is 1.61. The van der Waals surface area contributed by atoms with Gasteiger partial charge in [0.25, 0.3) is 0 Å². The topological polar surface area (TPSA) is 92.3 Å². The van der Waals surface area contributed by atoms with E-state index < -0.39 is 20.0 Å². The highest BCUT2D eigenvalue weighted by molar-refractivity contribution is 7.92. The lowest BCUT2D eigenvalue weighted by molar-refractivity contribution is 0.581. The van der Waals surface area contributed by atoms with Crippen molar-refractivity contribution in [3.63, 3.8) is 0 Å². The molecule has 0 radical (unpaired) electrons. The van der Waals surface area contributed by atoms with Crippen LogP contribution in [-0.2, 0) is 32.9 Å². The standard InChI is InChI=1S/C18H22N2O4S2/c21-25(22,20-17-8-2-1-3-9-17)13-12-19-26(23,24)18-11-10-15-6-4-5-7-16(15)14-18/h1-3,8-11,14,19-20H,4-7,12-13H2. The first-order valence-electron chi connectivity index (χ1n) is 8.53. The number of fused-ring (bicyclic) bond motifs is 1. The molecule has 8 heteroatoms. The van der Waals surface area contributed by atoms with Crippen LogP contribution in [0.2, 0.25) is 0 Å². The van der Waals surface area contributed by atoms with E-state index in [0.29, 0.717) is 5.69 Å². The minimum atomic E-state index is -3.73. The number of para-hydroxylation sites is 1. The normalized spacial score (nSPS) is 14.6. The Morgan fingerprint density at radius 3 is 2.27 bits per heavy atom. The van der Waals surface area contributed by atoms with Gasteiger partial charge in [-0.15, -0.1) is 0 Å². The van der Waals surface area contributed by atoms with E-state index in [1.807, 2.05) is 6.07 Å². The van der Waals surface area contributed by atoms with Gasteiger partial charge in [0.2, 0.25) is 20.0 Å². The van der Waals surface area contributed by atoms with Crippen molar-refractivity contribution in [2.75, 3.05) is 17.0 Å². The van der Waals surface area contributed by atoms with Crippen LogP contribution in [0.25, 0.3) is 0 Å². The van der Waals surface area contributed by atoms with Crippen LogP contribution in [0.1, 0.15) is 24.0 Å². The van der Waals surface area contributed by atoms with Gasteiger partial charge in [0, 0.05) is 12.2 Å². The lowest BCUT2D eigenvalue weighted by Crippen LogP contribution is -2.31. The van der Waals surface area contributed by atoms with Gasteiger partial charge in [0.1, 0.15) is 0 Å². The quantitative estimate of drug-likeness (QED) is 0.754. The lowest BCUT2D eigenvalue weighted by atomic mass is 9.92. The van der Waals surface area contributed by atoms with Gasteiger partial charge in [0.05, 0.1) is 10.6 Å².